The van der Waals surface area contributed by atoms with E-state index in [-0.39, 0.29) is 23.4 Å². The zero-order valence-electron chi connectivity index (χ0n) is 23.6. The molecule has 3 aromatic carbocycles. The lowest BCUT2D eigenvalue weighted by atomic mass is 10.1. The van der Waals surface area contributed by atoms with Gasteiger partial charge in [0.1, 0.15) is 12.6 Å². The van der Waals surface area contributed by atoms with Gasteiger partial charge in [0, 0.05) is 12.6 Å². The number of benzene rings is 3. The van der Waals surface area contributed by atoms with Crippen LogP contribution in [0.1, 0.15) is 49.4 Å². The van der Waals surface area contributed by atoms with Crippen LogP contribution in [0.15, 0.2) is 77.7 Å². The van der Waals surface area contributed by atoms with Crippen molar-refractivity contribution in [1.29, 1.82) is 0 Å². The van der Waals surface area contributed by atoms with E-state index in [2.05, 4.69) is 5.32 Å². The molecule has 0 spiro atoms. The Kier molecular flexibility index (Phi) is 9.92. The molecule has 0 saturated heterocycles. The summed E-state index contributed by atoms with van der Waals surface area (Å²) in [5, 5.41) is 2.95. The molecule has 7 nitrogen and oxygen atoms in total. The van der Waals surface area contributed by atoms with Crippen molar-refractivity contribution >= 4 is 27.5 Å². The first-order chi connectivity index (χ1) is 18.4. The molecule has 0 saturated carbocycles. The van der Waals surface area contributed by atoms with Gasteiger partial charge in [-0.3, -0.25) is 13.9 Å². The van der Waals surface area contributed by atoms with E-state index >= 15 is 0 Å². The lowest BCUT2D eigenvalue weighted by Crippen LogP contribution is -2.52. The minimum Gasteiger partial charge on any atom is -0.352 e. The number of hydrogen-bond acceptors (Lipinski definition) is 4. The lowest BCUT2D eigenvalue weighted by Gasteiger charge is -2.32. The molecular formula is C31H39N3O4S. The third kappa shape index (κ3) is 7.69. The fraction of sp³-hybridized carbons (Fsp3) is 0.355. The Morgan fingerprint density at radius 2 is 1.44 bits per heavy atom. The molecule has 0 aliphatic carbocycles. The molecule has 0 aliphatic rings. The molecule has 0 heterocycles. The summed E-state index contributed by atoms with van der Waals surface area (Å²) in [7, 11) is -4.08. The Morgan fingerprint density at radius 3 is 2.00 bits per heavy atom. The summed E-state index contributed by atoms with van der Waals surface area (Å²) in [6.45, 7) is 11.0. The van der Waals surface area contributed by atoms with E-state index in [1.165, 1.54) is 4.90 Å². The zero-order valence-corrected chi connectivity index (χ0v) is 24.5. The zero-order chi connectivity index (χ0) is 28.7. The number of amides is 2. The van der Waals surface area contributed by atoms with Gasteiger partial charge in [-0.25, -0.2) is 8.42 Å². The predicted molar refractivity (Wildman–Crippen MR) is 156 cm³/mol. The van der Waals surface area contributed by atoms with Crippen LogP contribution in [0.5, 0.6) is 0 Å². The van der Waals surface area contributed by atoms with Crippen molar-refractivity contribution in [2.24, 2.45) is 0 Å². The first kappa shape index (κ1) is 29.9. The molecule has 208 valence electrons. The normalized spacial score (nSPS) is 12.9. The van der Waals surface area contributed by atoms with Crippen molar-refractivity contribution in [2.75, 3.05) is 10.8 Å². The highest BCUT2D eigenvalue weighted by Crippen LogP contribution is 2.25. The SMILES string of the molecule is CC[C@@H](C)NC(=O)[C@@H](C)N(Cc1cccc(C)c1)C(=O)CN(c1ccc(C)cc1)S(=O)(=O)c1ccc(C)cc1. The molecule has 3 rings (SSSR count). The number of nitrogens with zero attached hydrogens (tertiary/aromatic N) is 2. The van der Waals surface area contributed by atoms with Crippen molar-refractivity contribution in [3.63, 3.8) is 0 Å². The molecule has 1 N–H and O–H groups in total. The number of hydrogen-bond donors (Lipinski definition) is 1. The smallest absolute Gasteiger partial charge is 0.264 e. The van der Waals surface area contributed by atoms with E-state index in [9.17, 15) is 18.0 Å². The topological polar surface area (TPSA) is 86.8 Å². The van der Waals surface area contributed by atoms with Crippen LogP contribution in [-0.4, -0.2) is 43.8 Å². The van der Waals surface area contributed by atoms with E-state index in [0.717, 1.165) is 33.0 Å². The Hall–Kier alpha value is -3.65. The van der Waals surface area contributed by atoms with Gasteiger partial charge in [0.05, 0.1) is 10.6 Å². The second-order valence-corrected chi connectivity index (χ2v) is 12.0. The largest absolute Gasteiger partial charge is 0.352 e. The summed E-state index contributed by atoms with van der Waals surface area (Å²) in [4.78, 5) is 28.6. The van der Waals surface area contributed by atoms with Crippen LogP contribution in [0.25, 0.3) is 0 Å². The summed E-state index contributed by atoms with van der Waals surface area (Å²) in [6.07, 6.45) is 0.750. The van der Waals surface area contributed by atoms with Crippen LogP contribution >= 0.6 is 0 Å². The van der Waals surface area contributed by atoms with E-state index < -0.39 is 28.5 Å². The monoisotopic (exact) mass is 549 g/mol. The maximum absolute atomic E-state index is 14.0. The number of aryl methyl sites for hydroxylation is 3. The number of rotatable bonds is 11. The van der Waals surface area contributed by atoms with Crippen molar-refractivity contribution in [3.8, 4) is 0 Å². The highest BCUT2D eigenvalue weighted by Gasteiger charge is 2.32. The van der Waals surface area contributed by atoms with E-state index in [1.54, 1.807) is 43.3 Å². The van der Waals surface area contributed by atoms with Crippen molar-refractivity contribution in [2.45, 2.75) is 71.5 Å². The molecule has 0 bridgehead atoms. The third-order valence-corrected chi connectivity index (χ3v) is 8.60. The van der Waals surface area contributed by atoms with Gasteiger partial charge < -0.3 is 10.2 Å². The molecule has 0 aromatic heterocycles. The van der Waals surface area contributed by atoms with Crippen LogP contribution in [0.4, 0.5) is 5.69 Å². The highest BCUT2D eigenvalue weighted by molar-refractivity contribution is 7.92. The Labute approximate surface area is 232 Å². The molecule has 0 fully saturated rings. The number of carbonyl (C=O) groups excluding carboxylic acids is 2. The first-order valence-electron chi connectivity index (χ1n) is 13.2. The van der Waals surface area contributed by atoms with Crippen LogP contribution in [0.3, 0.4) is 0 Å². The third-order valence-electron chi connectivity index (χ3n) is 6.81. The highest BCUT2D eigenvalue weighted by atomic mass is 32.2. The lowest BCUT2D eigenvalue weighted by molar-refractivity contribution is -0.139. The fourth-order valence-corrected chi connectivity index (χ4v) is 5.55. The quantitative estimate of drug-likeness (QED) is 0.359. The molecule has 39 heavy (non-hydrogen) atoms. The van der Waals surface area contributed by atoms with Gasteiger partial charge >= 0.3 is 0 Å². The summed E-state index contributed by atoms with van der Waals surface area (Å²) < 4.78 is 28.8. The Balaban J connectivity index is 2.02. The number of anilines is 1. The van der Waals surface area contributed by atoms with Crippen molar-refractivity contribution in [1.82, 2.24) is 10.2 Å². The van der Waals surface area contributed by atoms with Crippen LogP contribution in [0.2, 0.25) is 0 Å². The molecule has 0 radical (unpaired) electrons. The summed E-state index contributed by atoms with van der Waals surface area (Å²) in [6, 6.07) is 20.4. The standard InChI is InChI=1S/C31H39N3O4S/c1-7-25(5)32-31(36)26(6)33(20-27-10-8-9-24(4)19-27)30(35)21-34(28-15-11-22(2)12-16-28)39(37,38)29-17-13-23(3)14-18-29/h8-19,25-26H,7,20-21H2,1-6H3,(H,32,36)/t25-,26-/m1/s1. The molecule has 2 atom stereocenters. The average Bonchev–Trinajstić information content (AvgIpc) is 2.90. The van der Waals surface area contributed by atoms with Crippen LogP contribution in [-0.2, 0) is 26.2 Å². The molecule has 3 aromatic rings. The number of nitrogens with one attached hydrogen (secondary N) is 1. The van der Waals surface area contributed by atoms with E-state index in [0.29, 0.717) is 5.69 Å². The fourth-order valence-electron chi connectivity index (χ4n) is 4.13. The maximum Gasteiger partial charge on any atom is 0.264 e. The van der Waals surface area contributed by atoms with Gasteiger partial charge in [0.2, 0.25) is 11.8 Å². The minimum absolute atomic E-state index is 0.0538. The molecule has 0 unspecified atom stereocenters. The minimum atomic E-state index is -4.08. The maximum atomic E-state index is 14.0. The van der Waals surface area contributed by atoms with Gasteiger partial charge in [-0.1, -0.05) is 72.1 Å². The number of sulfonamides is 1. The Morgan fingerprint density at radius 1 is 0.846 bits per heavy atom. The van der Waals surface area contributed by atoms with E-state index in [1.807, 2.05) is 71.0 Å². The van der Waals surface area contributed by atoms with Gasteiger partial charge in [-0.15, -0.1) is 0 Å². The summed E-state index contributed by atoms with van der Waals surface area (Å²) >= 11 is 0. The molecular weight excluding hydrogens is 510 g/mol. The second kappa shape index (κ2) is 12.9. The molecule has 8 heteroatoms. The second-order valence-electron chi connectivity index (χ2n) is 10.2. The molecule has 2 amide bonds. The Bertz CT molecular complexity index is 1390. The first-order valence-corrected chi connectivity index (χ1v) is 14.7. The van der Waals surface area contributed by atoms with Crippen molar-refractivity contribution in [3.05, 3.63) is 95.1 Å². The summed E-state index contributed by atoms with van der Waals surface area (Å²) in [5.74, 6) is -0.756. The van der Waals surface area contributed by atoms with E-state index in [4.69, 9.17) is 0 Å². The number of carbonyl (C=O) groups is 2. The van der Waals surface area contributed by atoms with Gasteiger partial charge in [-0.2, -0.15) is 0 Å². The average molecular weight is 550 g/mol. The van der Waals surface area contributed by atoms with Crippen LogP contribution < -0.4 is 9.62 Å². The van der Waals surface area contributed by atoms with Gasteiger partial charge in [-0.05, 0) is 70.9 Å². The molecule has 0 aliphatic heterocycles. The predicted octanol–water partition coefficient (Wildman–Crippen LogP) is 5.14. The van der Waals surface area contributed by atoms with Crippen LogP contribution in [0, 0.1) is 20.8 Å². The summed E-state index contributed by atoms with van der Waals surface area (Å²) in [5.41, 5.74) is 4.16. The van der Waals surface area contributed by atoms with Gasteiger partial charge in [0.15, 0.2) is 0 Å². The van der Waals surface area contributed by atoms with Crippen molar-refractivity contribution < 1.29 is 18.0 Å². The van der Waals surface area contributed by atoms with Gasteiger partial charge in [0.25, 0.3) is 10.0 Å².